The SMILES string of the molecule is COc1ccccc1NS(=O)(=O)c1cccc(C(N)=O)c1. The van der Waals surface area contributed by atoms with Gasteiger partial charge in [-0.25, -0.2) is 8.42 Å². The fourth-order valence-electron chi connectivity index (χ4n) is 1.75. The van der Waals surface area contributed by atoms with Crippen molar-refractivity contribution in [3.05, 3.63) is 54.1 Å². The second-order valence-electron chi connectivity index (χ2n) is 4.20. The zero-order chi connectivity index (χ0) is 15.5. The third-order valence-electron chi connectivity index (χ3n) is 2.78. The highest BCUT2D eigenvalue weighted by Crippen LogP contribution is 2.26. The molecule has 0 radical (unpaired) electrons. The number of methoxy groups -OCH3 is 1. The molecule has 0 fully saturated rings. The van der Waals surface area contributed by atoms with Gasteiger partial charge in [-0.3, -0.25) is 9.52 Å². The van der Waals surface area contributed by atoms with Crippen LogP contribution in [0.1, 0.15) is 10.4 Å². The monoisotopic (exact) mass is 306 g/mol. The molecule has 2 aromatic carbocycles. The number of sulfonamides is 1. The fraction of sp³-hybridized carbons (Fsp3) is 0.0714. The molecule has 110 valence electrons. The third-order valence-corrected chi connectivity index (χ3v) is 4.14. The number of hydrogen-bond donors (Lipinski definition) is 2. The number of primary amides is 1. The summed E-state index contributed by atoms with van der Waals surface area (Å²) in [6.07, 6.45) is 0. The summed E-state index contributed by atoms with van der Waals surface area (Å²) in [6, 6.07) is 12.1. The molecule has 0 aliphatic carbocycles. The van der Waals surface area contributed by atoms with Crippen molar-refractivity contribution < 1.29 is 17.9 Å². The van der Waals surface area contributed by atoms with E-state index in [1.807, 2.05) is 0 Å². The summed E-state index contributed by atoms with van der Waals surface area (Å²) in [4.78, 5) is 11.1. The standard InChI is InChI=1S/C14H14N2O4S/c1-20-13-8-3-2-7-12(13)16-21(18,19)11-6-4-5-10(9-11)14(15)17/h2-9,16H,1H3,(H2,15,17). The molecule has 0 bridgehead atoms. The molecule has 2 rings (SSSR count). The molecule has 6 nitrogen and oxygen atoms in total. The van der Waals surface area contributed by atoms with Gasteiger partial charge in [0.2, 0.25) is 5.91 Å². The highest BCUT2D eigenvalue weighted by molar-refractivity contribution is 7.92. The first-order valence-electron chi connectivity index (χ1n) is 6.00. The largest absolute Gasteiger partial charge is 0.495 e. The maximum absolute atomic E-state index is 12.3. The van der Waals surface area contributed by atoms with Crippen LogP contribution in [0.3, 0.4) is 0 Å². The lowest BCUT2D eigenvalue weighted by molar-refractivity contribution is 0.1000. The molecule has 0 aromatic heterocycles. The molecule has 0 spiro atoms. The van der Waals surface area contributed by atoms with Crippen LogP contribution in [0.25, 0.3) is 0 Å². The molecule has 7 heteroatoms. The number of nitrogens with one attached hydrogen (secondary N) is 1. The van der Waals surface area contributed by atoms with Crippen molar-refractivity contribution in [2.75, 3.05) is 11.8 Å². The second kappa shape index (κ2) is 5.84. The number of amides is 1. The minimum Gasteiger partial charge on any atom is -0.495 e. The normalized spacial score (nSPS) is 10.9. The van der Waals surface area contributed by atoms with E-state index in [2.05, 4.69) is 4.72 Å². The van der Waals surface area contributed by atoms with Gasteiger partial charge in [-0.15, -0.1) is 0 Å². The number of ether oxygens (including phenoxy) is 1. The first-order valence-corrected chi connectivity index (χ1v) is 7.48. The summed E-state index contributed by atoms with van der Waals surface area (Å²) in [5.74, 6) is -0.295. The predicted octanol–water partition coefficient (Wildman–Crippen LogP) is 1.59. The lowest BCUT2D eigenvalue weighted by Crippen LogP contribution is -2.16. The number of anilines is 1. The molecular formula is C14H14N2O4S. The predicted molar refractivity (Wildman–Crippen MR) is 78.8 cm³/mol. The van der Waals surface area contributed by atoms with Gasteiger partial charge in [0.25, 0.3) is 10.0 Å². The molecular weight excluding hydrogens is 292 g/mol. The van der Waals surface area contributed by atoms with Gasteiger partial charge in [0, 0.05) is 5.56 Å². The summed E-state index contributed by atoms with van der Waals surface area (Å²) in [5.41, 5.74) is 5.58. The van der Waals surface area contributed by atoms with Gasteiger partial charge in [-0.1, -0.05) is 18.2 Å². The van der Waals surface area contributed by atoms with E-state index in [1.165, 1.54) is 31.4 Å². The van der Waals surface area contributed by atoms with E-state index in [0.29, 0.717) is 11.4 Å². The van der Waals surface area contributed by atoms with E-state index in [4.69, 9.17) is 10.5 Å². The van der Waals surface area contributed by atoms with Crippen LogP contribution in [-0.4, -0.2) is 21.4 Å². The highest BCUT2D eigenvalue weighted by atomic mass is 32.2. The first kappa shape index (κ1) is 14.9. The minimum atomic E-state index is -3.84. The van der Waals surface area contributed by atoms with Gasteiger partial charge in [0.15, 0.2) is 0 Å². The second-order valence-corrected chi connectivity index (χ2v) is 5.88. The van der Waals surface area contributed by atoms with Crippen molar-refractivity contribution >= 4 is 21.6 Å². The average Bonchev–Trinajstić information content (AvgIpc) is 2.47. The molecule has 0 saturated carbocycles. The van der Waals surface area contributed by atoms with Crippen molar-refractivity contribution in [2.24, 2.45) is 5.73 Å². The van der Waals surface area contributed by atoms with Crippen LogP contribution >= 0.6 is 0 Å². The lowest BCUT2D eigenvalue weighted by atomic mass is 10.2. The Bertz CT molecular complexity index is 772. The quantitative estimate of drug-likeness (QED) is 0.876. The molecule has 0 aliphatic heterocycles. The van der Waals surface area contributed by atoms with Crippen molar-refractivity contribution in [3.63, 3.8) is 0 Å². The Morgan fingerprint density at radius 2 is 1.86 bits per heavy atom. The Kier molecular flexibility index (Phi) is 4.13. The summed E-state index contributed by atoms with van der Waals surface area (Å²) < 4.78 is 32.2. The van der Waals surface area contributed by atoms with Crippen LogP contribution in [0.4, 0.5) is 5.69 Å². The zero-order valence-corrected chi connectivity index (χ0v) is 12.1. The molecule has 2 aromatic rings. The molecule has 0 heterocycles. The molecule has 1 amide bonds. The number of carbonyl (C=O) groups is 1. The fourth-order valence-corrected chi connectivity index (χ4v) is 2.87. The molecule has 21 heavy (non-hydrogen) atoms. The zero-order valence-electron chi connectivity index (χ0n) is 11.2. The van der Waals surface area contributed by atoms with Gasteiger partial charge in [-0.2, -0.15) is 0 Å². The molecule has 0 unspecified atom stereocenters. The smallest absolute Gasteiger partial charge is 0.262 e. The number of para-hydroxylation sites is 2. The van der Waals surface area contributed by atoms with Crippen LogP contribution < -0.4 is 15.2 Å². The Balaban J connectivity index is 2.39. The molecule has 0 saturated heterocycles. The number of rotatable bonds is 5. The first-order chi connectivity index (χ1) is 9.94. The Morgan fingerprint density at radius 1 is 1.14 bits per heavy atom. The maximum atomic E-state index is 12.3. The van der Waals surface area contributed by atoms with E-state index in [-0.39, 0.29) is 10.5 Å². The van der Waals surface area contributed by atoms with Crippen LogP contribution in [0.5, 0.6) is 5.75 Å². The Morgan fingerprint density at radius 3 is 2.52 bits per heavy atom. The summed E-state index contributed by atoms with van der Waals surface area (Å²) in [5, 5.41) is 0. The summed E-state index contributed by atoms with van der Waals surface area (Å²) in [7, 11) is -2.39. The number of benzene rings is 2. The van der Waals surface area contributed by atoms with Crippen LogP contribution in [-0.2, 0) is 10.0 Å². The molecule has 0 atom stereocenters. The van der Waals surface area contributed by atoms with Crippen molar-refractivity contribution in [3.8, 4) is 5.75 Å². The van der Waals surface area contributed by atoms with Gasteiger partial charge < -0.3 is 10.5 Å². The average molecular weight is 306 g/mol. The van der Waals surface area contributed by atoms with Crippen molar-refractivity contribution in [2.45, 2.75) is 4.90 Å². The number of carbonyl (C=O) groups excluding carboxylic acids is 1. The van der Waals surface area contributed by atoms with Crippen molar-refractivity contribution in [1.82, 2.24) is 0 Å². The highest BCUT2D eigenvalue weighted by Gasteiger charge is 2.17. The minimum absolute atomic E-state index is 0.0512. The Hall–Kier alpha value is -2.54. The lowest BCUT2D eigenvalue weighted by Gasteiger charge is -2.11. The Labute approximate surface area is 122 Å². The van der Waals surface area contributed by atoms with Crippen molar-refractivity contribution in [1.29, 1.82) is 0 Å². The van der Waals surface area contributed by atoms with Crippen LogP contribution in [0.2, 0.25) is 0 Å². The van der Waals surface area contributed by atoms with E-state index < -0.39 is 15.9 Å². The van der Waals surface area contributed by atoms with E-state index in [1.54, 1.807) is 24.3 Å². The van der Waals surface area contributed by atoms with E-state index >= 15 is 0 Å². The molecule has 3 N–H and O–H groups in total. The maximum Gasteiger partial charge on any atom is 0.262 e. The van der Waals surface area contributed by atoms with Gasteiger partial charge in [0.05, 0.1) is 17.7 Å². The number of nitrogens with two attached hydrogens (primary N) is 1. The summed E-state index contributed by atoms with van der Waals surface area (Å²) >= 11 is 0. The topological polar surface area (TPSA) is 98.5 Å². The van der Waals surface area contributed by atoms with E-state index in [0.717, 1.165) is 0 Å². The van der Waals surface area contributed by atoms with Gasteiger partial charge >= 0.3 is 0 Å². The van der Waals surface area contributed by atoms with Gasteiger partial charge in [-0.05, 0) is 30.3 Å². The number of hydrogen-bond acceptors (Lipinski definition) is 4. The van der Waals surface area contributed by atoms with Crippen LogP contribution in [0, 0.1) is 0 Å². The molecule has 0 aliphatic rings. The van der Waals surface area contributed by atoms with Gasteiger partial charge in [0.1, 0.15) is 5.75 Å². The summed E-state index contributed by atoms with van der Waals surface area (Å²) in [6.45, 7) is 0. The van der Waals surface area contributed by atoms with E-state index in [9.17, 15) is 13.2 Å². The van der Waals surface area contributed by atoms with Crippen LogP contribution in [0.15, 0.2) is 53.4 Å². The third kappa shape index (κ3) is 3.32.